The Balaban J connectivity index is 2.49. The number of benzene rings is 1. The predicted octanol–water partition coefficient (Wildman–Crippen LogP) is 4.12. The molecular weight excluding hydrogens is 311 g/mol. The smallest absolute Gasteiger partial charge is 0.313 e. The van der Waals surface area contributed by atoms with E-state index in [9.17, 15) is 4.79 Å². The van der Waals surface area contributed by atoms with Crippen LogP contribution in [0.2, 0.25) is 10.0 Å². The average molecular weight is 325 g/mol. The number of hydrogen-bond acceptors (Lipinski definition) is 4. The van der Waals surface area contributed by atoms with Crippen molar-refractivity contribution in [2.24, 2.45) is 0 Å². The molecule has 0 aliphatic rings. The molecule has 21 heavy (non-hydrogen) atoms. The zero-order chi connectivity index (χ0) is 15.4. The van der Waals surface area contributed by atoms with Crippen molar-refractivity contribution >= 4 is 29.2 Å². The molecule has 0 saturated heterocycles. The number of esters is 1. The van der Waals surface area contributed by atoms with Gasteiger partial charge in [-0.1, -0.05) is 42.3 Å². The minimum absolute atomic E-state index is 0.331. The van der Waals surface area contributed by atoms with Gasteiger partial charge >= 0.3 is 5.97 Å². The predicted molar refractivity (Wildman–Crippen MR) is 82.5 cm³/mol. The van der Waals surface area contributed by atoms with Gasteiger partial charge in [0.1, 0.15) is 0 Å². The molecule has 2 aromatic rings. The lowest BCUT2D eigenvalue weighted by molar-refractivity contribution is -0.142. The molecule has 0 aliphatic heterocycles. The van der Waals surface area contributed by atoms with Crippen LogP contribution in [0.1, 0.15) is 24.8 Å². The third-order valence-electron chi connectivity index (χ3n) is 3.22. The van der Waals surface area contributed by atoms with Crippen molar-refractivity contribution in [2.45, 2.75) is 19.3 Å². The van der Waals surface area contributed by atoms with E-state index in [0.717, 1.165) is 0 Å². The van der Waals surface area contributed by atoms with Crippen LogP contribution in [0.5, 0.6) is 0 Å². The standard InChI is InChI=1S/C15H14Cl2N2O2/c1-3-9(15(20)21-2)10-4-5-11(14(17)13(10)16)12-8-18-6-7-19-12/h4-9H,3H2,1-2H3. The van der Waals surface area contributed by atoms with Gasteiger partial charge < -0.3 is 4.74 Å². The lowest BCUT2D eigenvalue weighted by atomic mass is 9.95. The number of hydrogen-bond donors (Lipinski definition) is 0. The largest absolute Gasteiger partial charge is 0.469 e. The first-order chi connectivity index (χ1) is 10.1. The van der Waals surface area contributed by atoms with Gasteiger partial charge in [-0.15, -0.1) is 0 Å². The molecule has 1 aromatic carbocycles. The van der Waals surface area contributed by atoms with Crippen LogP contribution < -0.4 is 0 Å². The molecule has 6 heteroatoms. The number of halogens is 2. The number of aromatic nitrogens is 2. The van der Waals surface area contributed by atoms with Gasteiger partial charge in [-0.3, -0.25) is 14.8 Å². The molecule has 1 aromatic heterocycles. The van der Waals surface area contributed by atoms with Crippen LogP contribution >= 0.6 is 23.2 Å². The molecule has 1 unspecified atom stereocenters. The van der Waals surface area contributed by atoms with E-state index in [-0.39, 0.29) is 5.97 Å². The summed E-state index contributed by atoms with van der Waals surface area (Å²) in [6, 6.07) is 3.57. The Kier molecular flexibility index (Phi) is 5.15. The number of rotatable bonds is 4. The fourth-order valence-electron chi connectivity index (χ4n) is 2.13. The molecular formula is C15H14Cl2N2O2. The van der Waals surface area contributed by atoms with Crippen LogP contribution in [0.25, 0.3) is 11.3 Å². The first-order valence-corrected chi connectivity index (χ1v) is 7.17. The van der Waals surface area contributed by atoms with Crippen LogP contribution in [0.3, 0.4) is 0 Å². The number of carbonyl (C=O) groups excluding carboxylic acids is 1. The molecule has 110 valence electrons. The maximum Gasteiger partial charge on any atom is 0.313 e. The molecule has 0 aliphatic carbocycles. The monoisotopic (exact) mass is 324 g/mol. The highest BCUT2D eigenvalue weighted by Gasteiger charge is 2.24. The molecule has 4 nitrogen and oxygen atoms in total. The van der Waals surface area contributed by atoms with E-state index in [4.69, 9.17) is 27.9 Å². The second-order valence-electron chi connectivity index (χ2n) is 4.40. The second kappa shape index (κ2) is 6.87. The zero-order valence-electron chi connectivity index (χ0n) is 11.6. The molecule has 0 fully saturated rings. The summed E-state index contributed by atoms with van der Waals surface area (Å²) in [5.41, 5.74) is 1.96. The summed E-state index contributed by atoms with van der Waals surface area (Å²) in [4.78, 5) is 20.0. The SMILES string of the molecule is CCC(C(=O)OC)c1ccc(-c2cnccn2)c(Cl)c1Cl. The van der Waals surface area contributed by atoms with E-state index in [2.05, 4.69) is 9.97 Å². The Labute approximate surface area is 133 Å². The Hall–Kier alpha value is -1.65. The quantitative estimate of drug-likeness (QED) is 0.794. The highest BCUT2D eigenvalue weighted by Crippen LogP contribution is 2.38. The molecule has 0 radical (unpaired) electrons. The Morgan fingerprint density at radius 1 is 1.29 bits per heavy atom. The molecule has 0 bridgehead atoms. The van der Waals surface area contributed by atoms with Crippen LogP contribution in [0, 0.1) is 0 Å². The summed E-state index contributed by atoms with van der Waals surface area (Å²) in [5, 5.41) is 0.703. The normalized spacial score (nSPS) is 12.0. The molecule has 1 atom stereocenters. The fourth-order valence-corrected chi connectivity index (χ4v) is 2.69. The molecule has 0 N–H and O–H groups in total. The summed E-state index contributed by atoms with van der Waals surface area (Å²) in [5.74, 6) is -0.765. The summed E-state index contributed by atoms with van der Waals surface area (Å²) >= 11 is 12.7. The fraction of sp³-hybridized carbons (Fsp3) is 0.267. The van der Waals surface area contributed by atoms with Crippen molar-refractivity contribution in [3.63, 3.8) is 0 Å². The molecule has 2 rings (SSSR count). The summed E-state index contributed by atoms with van der Waals surface area (Å²) < 4.78 is 4.80. The third kappa shape index (κ3) is 3.17. The van der Waals surface area contributed by atoms with Crippen LogP contribution in [0.4, 0.5) is 0 Å². The maximum atomic E-state index is 11.8. The Morgan fingerprint density at radius 3 is 2.62 bits per heavy atom. The van der Waals surface area contributed by atoms with E-state index in [1.54, 1.807) is 30.7 Å². The average Bonchev–Trinajstić information content (AvgIpc) is 2.52. The number of methoxy groups -OCH3 is 1. The van der Waals surface area contributed by atoms with Crippen molar-refractivity contribution < 1.29 is 9.53 Å². The van der Waals surface area contributed by atoms with Crippen molar-refractivity contribution in [1.82, 2.24) is 9.97 Å². The maximum absolute atomic E-state index is 11.8. The van der Waals surface area contributed by atoms with Crippen LogP contribution in [0.15, 0.2) is 30.7 Å². The summed E-state index contributed by atoms with van der Waals surface area (Å²) in [7, 11) is 1.36. The minimum Gasteiger partial charge on any atom is -0.469 e. The van der Waals surface area contributed by atoms with E-state index >= 15 is 0 Å². The molecule has 1 heterocycles. The number of ether oxygens (including phenoxy) is 1. The Morgan fingerprint density at radius 2 is 2.05 bits per heavy atom. The van der Waals surface area contributed by atoms with E-state index in [1.807, 2.05) is 6.92 Å². The third-order valence-corrected chi connectivity index (χ3v) is 4.12. The highest BCUT2D eigenvalue weighted by molar-refractivity contribution is 6.44. The summed E-state index contributed by atoms with van der Waals surface area (Å²) in [6.45, 7) is 1.89. The van der Waals surface area contributed by atoms with E-state index < -0.39 is 5.92 Å². The first-order valence-electron chi connectivity index (χ1n) is 6.42. The van der Waals surface area contributed by atoms with Gasteiger partial charge in [0.15, 0.2) is 0 Å². The van der Waals surface area contributed by atoms with Gasteiger partial charge in [0.05, 0.1) is 35.0 Å². The Bertz CT molecular complexity index is 648. The zero-order valence-corrected chi connectivity index (χ0v) is 13.1. The lowest BCUT2D eigenvalue weighted by Crippen LogP contribution is -2.14. The van der Waals surface area contributed by atoms with Gasteiger partial charge in [-0.25, -0.2) is 0 Å². The topological polar surface area (TPSA) is 52.1 Å². The van der Waals surface area contributed by atoms with Gasteiger partial charge in [0.2, 0.25) is 0 Å². The van der Waals surface area contributed by atoms with Gasteiger partial charge in [-0.2, -0.15) is 0 Å². The van der Waals surface area contributed by atoms with Crippen molar-refractivity contribution in [3.8, 4) is 11.3 Å². The van der Waals surface area contributed by atoms with Crippen molar-refractivity contribution in [1.29, 1.82) is 0 Å². The van der Waals surface area contributed by atoms with E-state index in [0.29, 0.717) is 33.3 Å². The van der Waals surface area contributed by atoms with Gasteiger partial charge in [0.25, 0.3) is 0 Å². The molecule has 0 spiro atoms. The van der Waals surface area contributed by atoms with Gasteiger partial charge in [-0.05, 0) is 12.0 Å². The molecule has 0 saturated carbocycles. The second-order valence-corrected chi connectivity index (χ2v) is 5.16. The lowest BCUT2D eigenvalue weighted by Gasteiger charge is -2.16. The molecule has 0 amide bonds. The van der Waals surface area contributed by atoms with Crippen molar-refractivity contribution in [3.05, 3.63) is 46.3 Å². The minimum atomic E-state index is -0.434. The highest BCUT2D eigenvalue weighted by atomic mass is 35.5. The number of nitrogens with zero attached hydrogens (tertiary/aromatic N) is 2. The number of carbonyl (C=O) groups is 1. The van der Waals surface area contributed by atoms with Crippen LogP contribution in [-0.4, -0.2) is 23.0 Å². The van der Waals surface area contributed by atoms with Gasteiger partial charge in [0, 0.05) is 18.0 Å². The van der Waals surface area contributed by atoms with Crippen LogP contribution in [-0.2, 0) is 9.53 Å². The first kappa shape index (κ1) is 15.7. The summed E-state index contributed by atoms with van der Waals surface area (Å²) in [6.07, 6.45) is 5.34. The van der Waals surface area contributed by atoms with Crippen molar-refractivity contribution in [2.75, 3.05) is 7.11 Å². The van der Waals surface area contributed by atoms with E-state index in [1.165, 1.54) is 7.11 Å².